The Morgan fingerprint density at radius 2 is 1.95 bits per heavy atom. The number of hydrogen-bond acceptors (Lipinski definition) is 3. The van der Waals surface area contributed by atoms with Crippen LogP contribution in [0, 0.1) is 0 Å². The van der Waals surface area contributed by atoms with Crippen LogP contribution in [0.25, 0.3) is 11.4 Å². The van der Waals surface area contributed by atoms with Crippen molar-refractivity contribution in [2.45, 2.75) is 6.54 Å². The lowest BCUT2D eigenvalue weighted by Gasteiger charge is -2.09. The van der Waals surface area contributed by atoms with Crippen molar-refractivity contribution in [3.63, 3.8) is 0 Å². The van der Waals surface area contributed by atoms with Crippen LogP contribution in [-0.4, -0.2) is 16.7 Å². The summed E-state index contributed by atoms with van der Waals surface area (Å²) < 4.78 is 7.38. The predicted molar refractivity (Wildman–Crippen MR) is 84.2 cm³/mol. The molecular weight excluding hydrogens is 262 g/mol. The molecule has 21 heavy (non-hydrogen) atoms. The van der Waals surface area contributed by atoms with Crippen LogP contribution in [0.2, 0.25) is 0 Å². The first kappa shape index (κ1) is 13.2. The number of imidazole rings is 1. The van der Waals surface area contributed by atoms with Gasteiger partial charge in [0.2, 0.25) is 0 Å². The number of ether oxygens (including phenoxy) is 1. The second-order valence-electron chi connectivity index (χ2n) is 4.85. The minimum atomic E-state index is 0.757. The number of nitrogens with zero attached hydrogens (tertiary/aromatic N) is 2. The minimum Gasteiger partial charge on any atom is -0.497 e. The van der Waals surface area contributed by atoms with E-state index in [9.17, 15) is 0 Å². The van der Waals surface area contributed by atoms with Crippen molar-refractivity contribution < 1.29 is 4.74 Å². The Kier molecular flexibility index (Phi) is 3.60. The largest absolute Gasteiger partial charge is 0.497 e. The van der Waals surface area contributed by atoms with E-state index in [-0.39, 0.29) is 0 Å². The van der Waals surface area contributed by atoms with E-state index < -0.39 is 0 Å². The third-order valence-corrected chi connectivity index (χ3v) is 3.38. The highest BCUT2D eigenvalue weighted by molar-refractivity contribution is 5.58. The molecule has 0 bridgehead atoms. The fourth-order valence-electron chi connectivity index (χ4n) is 2.28. The van der Waals surface area contributed by atoms with Crippen molar-refractivity contribution in [2.75, 3.05) is 12.8 Å². The van der Waals surface area contributed by atoms with E-state index in [2.05, 4.69) is 9.55 Å². The molecule has 0 aliphatic heterocycles. The first-order valence-electron chi connectivity index (χ1n) is 6.76. The summed E-state index contributed by atoms with van der Waals surface area (Å²) in [4.78, 5) is 4.46. The molecule has 0 spiro atoms. The highest BCUT2D eigenvalue weighted by Gasteiger charge is 2.07. The van der Waals surface area contributed by atoms with E-state index in [0.717, 1.165) is 29.4 Å². The summed E-state index contributed by atoms with van der Waals surface area (Å²) in [6, 6.07) is 15.8. The first-order chi connectivity index (χ1) is 10.3. The van der Waals surface area contributed by atoms with Gasteiger partial charge in [0.15, 0.2) is 0 Å². The summed E-state index contributed by atoms with van der Waals surface area (Å²) in [6.07, 6.45) is 3.79. The highest BCUT2D eigenvalue weighted by Crippen LogP contribution is 2.23. The van der Waals surface area contributed by atoms with Gasteiger partial charge in [-0.05, 0) is 29.8 Å². The fraction of sp³-hybridized carbons (Fsp3) is 0.118. The van der Waals surface area contributed by atoms with Gasteiger partial charge in [-0.1, -0.05) is 24.3 Å². The Morgan fingerprint density at radius 1 is 1.14 bits per heavy atom. The van der Waals surface area contributed by atoms with Crippen LogP contribution in [0.15, 0.2) is 60.9 Å². The van der Waals surface area contributed by atoms with Gasteiger partial charge in [0.25, 0.3) is 0 Å². The SMILES string of the molecule is COc1cccc(-c2nccn2Cc2ccc(N)cc2)c1. The molecule has 0 radical (unpaired) electrons. The Bertz CT molecular complexity index is 732. The third-order valence-electron chi connectivity index (χ3n) is 3.38. The summed E-state index contributed by atoms with van der Waals surface area (Å²) in [5.74, 6) is 1.75. The van der Waals surface area contributed by atoms with Crippen LogP contribution in [0.3, 0.4) is 0 Å². The normalized spacial score (nSPS) is 10.5. The van der Waals surface area contributed by atoms with Crippen molar-refractivity contribution >= 4 is 5.69 Å². The summed E-state index contributed by atoms with van der Waals surface area (Å²) in [6.45, 7) is 0.757. The smallest absolute Gasteiger partial charge is 0.140 e. The number of nitrogen functional groups attached to an aromatic ring is 1. The average Bonchev–Trinajstić information content (AvgIpc) is 2.98. The Morgan fingerprint density at radius 3 is 2.71 bits per heavy atom. The van der Waals surface area contributed by atoms with Gasteiger partial charge in [-0.3, -0.25) is 0 Å². The third kappa shape index (κ3) is 2.89. The molecule has 0 fully saturated rings. The molecule has 0 atom stereocenters. The molecule has 4 nitrogen and oxygen atoms in total. The Hall–Kier alpha value is -2.75. The predicted octanol–water partition coefficient (Wildman–Crippen LogP) is 3.19. The molecule has 0 aliphatic rings. The number of aromatic nitrogens is 2. The van der Waals surface area contributed by atoms with Gasteiger partial charge in [0.1, 0.15) is 11.6 Å². The van der Waals surface area contributed by atoms with Gasteiger partial charge in [-0.2, -0.15) is 0 Å². The van der Waals surface area contributed by atoms with Gasteiger partial charge in [0.05, 0.1) is 7.11 Å². The van der Waals surface area contributed by atoms with Gasteiger partial charge in [0, 0.05) is 30.2 Å². The quantitative estimate of drug-likeness (QED) is 0.746. The topological polar surface area (TPSA) is 53.1 Å². The first-order valence-corrected chi connectivity index (χ1v) is 6.76. The molecule has 2 N–H and O–H groups in total. The molecule has 3 aromatic rings. The zero-order valence-electron chi connectivity index (χ0n) is 11.9. The van der Waals surface area contributed by atoms with Crippen LogP contribution in [0.1, 0.15) is 5.56 Å². The van der Waals surface area contributed by atoms with Crippen LogP contribution < -0.4 is 10.5 Å². The van der Waals surface area contributed by atoms with Crippen molar-refractivity contribution in [3.8, 4) is 17.1 Å². The number of rotatable bonds is 4. The monoisotopic (exact) mass is 279 g/mol. The molecule has 0 unspecified atom stereocenters. The molecule has 4 heteroatoms. The van der Waals surface area contributed by atoms with Crippen LogP contribution in [0.5, 0.6) is 5.75 Å². The molecule has 0 aliphatic carbocycles. The van der Waals surface area contributed by atoms with E-state index in [1.165, 1.54) is 5.56 Å². The molecule has 1 heterocycles. The van der Waals surface area contributed by atoms with Crippen LogP contribution in [-0.2, 0) is 6.54 Å². The van der Waals surface area contributed by atoms with Crippen molar-refractivity contribution in [1.29, 1.82) is 0 Å². The van der Waals surface area contributed by atoms with E-state index in [1.54, 1.807) is 7.11 Å². The summed E-state index contributed by atoms with van der Waals surface area (Å²) >= 11 is 0. The lowest BCUT2D eigenvalue weighted by Crippen LogP contribution is -2.01. The lowest BCUT2D eigenvalue weighted by molar-refractivity contribution is 0.415. The van der Waals surface area contributed by atoms with E-state index in [4.69, 9.17) is 10.5 Å². The fourth-order valence-corrected chi connectivity index (χ4v) is 2.28. The van der Waals surface area contributed by atoms with Gasteiger partial charge in [-0.15, -0.1) is 0 Å². The number of anilines is 1. The average molecular weight is 279 g/mol. The zero-order valence-corrected chi connectivity index (χ0v) is 11.9. The maximum absolute atomic E-state index is 5.72. The standard InChI is InChI=1S/C17H17N3O/c1-21-16-4-2-3-14(11-16)17-19-9-10-20(17)12-13-5-7-15(18)8-6-13/h2-11H,12,18H2,1H3. The summed E-state index contributed by atoms with van der Waals surface area (Å²) in [7, 11) is 1.67. The molecule has 2 aromatic carbocycles. The van der Waals surface area contributed by atoms with Crippen molar-refractivity contribution in [2.24, 2.45) is 0 Å². The van der Waals surface area contributed by atoms with Gasteiger partial charge >= 0.3 is 0 Å². The molecule has 106 valence electrons. The summed E-state index contributed by atoms with van der Waals surface area (Å²) in [5.41, 5.74) is 8.72. The molecular formula is C17H17N3O. The maximum atomic E-state index is 5.72. The van der Waals surface area contributed by atoms with E-state index in [1.807, 2.05) is 60.9 Å². The van der Waals surface area contributed by atoms with Gasteiger partial charge in [-0.25, -0.2) is 4.98 Å². The van der Waals surface area contributed by atoms with E-state index >= 15 is 0 Å². The second-order valence-corrected chi connectivity index (χ2v) is 4.85. The second kappa shape index (κ2) is 5.71. The van der Waals surface area contributed by atoms with Crippen molar-refractivity contribution in [3.05, 3.63) is 66.5 Å². The van der Waals surface area contributed by atoms with Crippen molar-refractivity contribution in [1.82, 2.24) is 9.55 Å². The van der Waals surface area contributed by atoms with E-state index in [0.29, 0.717) is 0 Å². The number of hydrogen-bond donors (Lipinski definition) is 1. The Labute approximate surface area is 123 Å². The number of methoxy groups -OCH3 is 1. The molecule has 0 saturated heterocycles. The molecule has 0 amide bonds. The van der Waals surface area contributed by atoms with Gasteiger partial charge < -0.3 is 15.0 Å². The zero-order chi connectivity index (χ0) is 14.7. The van der Waals surface area contributed by atoms with Crippen LogP contribution >= 0.6 is 0 Å². The number of benzene rings is 2. The Balaban J connectivity index is 1.91. The molecule has 1 aromatic heterocycles. The maximum Gasteiger partial charge on any atom is 0.140 e. The number of nitrogens with two attached hydrogens (primary N) is 1. The lowest BCUT2D eigenvalue weighted by atomic mass is 10.2. The minimum absolute atomic E-state index is 0.757. The summed E-state index contributed by atoms with van der Waals surface area (Å²) in [5, 5.41) is 0. The highest BCUT2D eigenvalue weighted by atomic mass is 16.5. The molecule has 3 rings (SSSR count). The molecule has 0 saturated carbocycles. The van der Waals surface area contributed by atoms with Crippen LogP contribution in [0.4, 0.5) is 5.69 Å².